The van der Waals surface area contributed by atoms with Gasteiger partial charge < -0.3 is 19.5 Å². The van der Waals surface area contributed by atoms with Crippen molar-refractivity contribution in [3.63, 3.8) is 0 Å². The Morgan fingerprint density at radius 1 is 1.09 bits per heavy atom. The maximum Gasteiger partial charge on any atom is 0.220 e. The van der Waals surface area contributed by atoms with Crippen LogP contribution in [0.4, 0.5) is 0 Å². The van der Waals surface area contributed by atoms with Gasteiger partial charge in [0.25, 0.3) is 0 Å². The number of fused-ring (bicyclic) bond motifs is 1. The van der Waals surface area contributed by atoms with Crippen LogP contribution in [0.25, 0.3) is 0 Å². The predicted molar refractivity (Wildman–Crippen MR) is 82.9 cm³/mol. The number of hydrogen-bond acceptors (Lipinski definition) is 5. The molecule has 0 bridgehead atoms. The molecule has 0 radical (unpaired) electrons. The lowest BCUT2D eigenvalue weighted by Crippen LogP contribution is -2.29. The number of carbonyl (C=O) groups is 2. The van der Waals surface area contributed by atoms with Gasteiger partial charge in [-0.25, -0.2) is 0 Å². The Morgan fingerprint density at radius 3 is 2.70 bits per heavy atom. The van der Waals surface area contributed by atoms with Gasteiger partial charge in [-0.2, -0.15) is 0 Å². The summed E-state index contributed by atoms with van der Waals surface area (Å²) in [4.78, 5) is 24.0. The minimum absolute atomic E-state index is 0.0682. The summed E-state index contributed by atoms with van der Waals surface area (Å²) in [6.07, 6.45) is 1.36. The fourth-order valence-corrected chi connectivity index (χ4v) is 2.68. The van der Waals surface area contributed by atoms with Crippen LogP contribution < -0.4 is 14.8 Å². The molecule has 23 heavy (non-hydrogen) atoms. The van der Waals surface area contributed by atoms with Gasteiger partial charge in [0.2, 0.25) is 5.91 Å². The number of ketones is 1. The number of nitrogens with one attached hydrogen (secondary N) is 1. The van der Waals surface area contributed by atoms with Crippen LogP contribution >= 0.6 is 0 Å². The second kappa shape index (κ2) is 7.46. The highest BCUT2D eigenvalue weighted by Gasteiger charge is 2.18. The summed E-state index contributed by atoms with van der Waals surface area (Å²) in [6, 6.07) is 5.14. The Bertz CT molecular complexity index is 580. The second-order valence-corrected chi connectivity index (χ2v) is 5.82. The minimum atomic E-state index is -0.0946. The normalized spacial score (nSPS) is 19.4. The van der Waals surface area contributed by atoms with Gasteiger partial charge >= 0.3 is 0 Å². The lowest BCUT2D eigenvalue weighted by Gasteiger charge is -2.18. The lowest BCUT2D eigenvalue weighted by molar-refractivity contribution is -0.121. The van der Waals surface area contributed by atoms with E-state index < -0.39 is 0 Å². The van der Waals surface area contributed by atoms with E-state index >= 15 is 0 Å². The molecule has 1 N–H and O–H groups in total. The third-order valence-corrected chi connectivity index (χ3v) is 4.06. The third kappa shape index (κ3) is 4.22. The van der Waals surface area contributed by atoms with Crippen molar-refractivity contribution in [1.82, 2.24) is 5.32 Å². The Balaban J connectivity index is 1.46. The molecule has 0 saturated carbocycles. The summed E-state index contributed by atoms with van der Waals surface area (Å²) < 4.78 is 16.2. The van der Waals surface area contributed by atoms with Crippen LogP contribution in [0.5, 0.6) is 11.5 Å². The van der Waals surface area contributed by atoms with E-state index in [0.29, 0.717) is 49.3 Å². The summed E-state index contributed by atoms with van der Waals surface area (Å²) in [5, 5.41) is 2.87. The van der Waals surface area contributed by atoms with Crippen molar-refractivity contribution in [3.8, 4) is 11.5 Å². The van der Waals surface area contributed by atoms with E-state index in [1.54, 1.807) is 18.2 Å². The Morgan fingerprint density at radius 2 is 1.91 bits per heavy atom. The van der Waals surface area contributed by atoms with Crippen molar-refractivity contribution in [2.24, 2.45) is 5.92 Å². The summed E-state index contributed by atoms with van der Waals surface area (Å²) in [6.45, 7) is 3.10. The first-order chi connectivity index (χ1) is 11.2. The minimum Gasteiger partial charge on any atom is -0.486 e. The molecular weight excluding hydrogens is 298 g/mol. The number of carbonyl (C=O) groups excluding carboxylic acids is 2. The van der Waals surface area contributed by atoms with Gasteiger partial charge in [-0.1, -0.05) is 0 Å². The first-order valence-corrected chi connectivity index (χ1v) is 7.99. The standard InChI is InChI=1S/C17H21NO5/c19-14(2-4-17(20)18-10-12-5-6-21-11-12)13-1-3-15-16(9-13)23-8-7-22-15/h1,3,9,12H,2,4-8,10-11H2,(H,18,20)/t12-/m0/s1. The summed E-state index contributed by atoms with van der Waals surface area (Å²) in [5.74, 6) is 1.48. The first-order valence-electron chi connectivity index (χ1n) is 7.99. The summed E-state index contributed by atoms with van der Waals surface area (Å²) in [7, 11) is 0. The van der Waals surface area contributed by atoms with Gasteiger partial charge in [-0.05, 0) is 24.6 Å². The predicted octanol–water partition coefficient (Wildman–Crippen LogP) is 1.57. The number of benzene rings is 1. The molecular formula is C17H21NO5. The SMILES string of the molecule is O=C(CCC(=O)c1ccc2c(c1)OCCO2)NC[C@@H]1CCOC1. The average Bonchev–Trinajstić information content (AvgIpc) is 3.11. The van der Waals surface area contributed by atoms with Crippen LogP contribution in [-0.2, 0) is 9.53 Å². The number of amides is 1. The van der Waals surface area contributed by atoms with E-state index in [0.717, 1.165) is 13.0 Å². The highest BCUT2D eigenvalue weighted by molar-refractivity contribution is 5.98. The van der Waals surface area contributed by atoms with Crippen LogP contribution in [0, 0.1) is 5.92 Å². The van der Waals surface area contributed by atoms with Crippen molar-refractivity contribution >= 4 is 11.7 Å². The van der Waals surface area contributed by atoms with E-state index in [1.165, 1.54) is 0 Å². The molecule has 1 fully saturated rings. The van der Waals surface area contributed by atoms with Gasteiger partial charge in [0.05, 0.1) is 6.61 Å². The van der Waals surface area contributed by atoms with Gasteiger partial charge in [-0.15, -0.1) is 0 Å². The van der Waals surface area contributed by atoms with E-state index in [2.05, 4.69) is 5.32 Å². The molecule has 2 aliphatic heterocycles. The Hall–Kier alpha value is -2.08. The van der Waals surface area contributed by atoms with Crippen LogP contribution in [0.3, 0.4) is 0 Å². The Kier molecular flexibility index (Phi) is 5.12. The third-order valence-electron chi connectivity index (χ3n) is 4.06. The maximum atomic E-state index is 12.2. The monoisotopic (exact) mass is 319 g/mol. The van der Waals surface area contributed by atoms with Crippen LogP contribution in [-0.4, -0.2) is 44.7 Å². The molecule has 1 atom stereocenters. The van der Waals surface area contributed by atoms with Gasteiger partial charge in [0, 0.05) is 37.5 Å². The molecule has 124 valence electrons. The molecule has 2 aliphatic rings. The fraction of sp³-hybridized carbons (Fsp3) is 0.529. The van der Waals surface area contributed by atoms with Crippen LogP contribution in [0.15, 0.2) is 18.2 Å². The Labute approximate surface area is 135 Å². The summed E-state index contributed by atoms with van der Waals surface area (Å²) >= 11 is 0. The molecule has 0 aromatic heterocycles. The fourth-order valence-electron chi connectivity index (χ4n) is 2.68. The largest absolute Gasteiger partial charge is 0.486 e. The van der Waals surface area contributed by atoms with Crippen molar-refractivity contribution in [3.05, 3.63) is 23.8 Å². The molecule has 6 heteroatoms. The molecule has 0 aliphatic carbocycles. The highest BCUT2D eigenvalue weighted by atomic mass is 16.6. The number of Topliss-reactive ketones (excluding diaryl/α,β-unsaturated/α-hetero) is 1. The van der Waals surface area contributed by atoms with E-state index in [-0.39, 0.29) is 24.5 Å². The van der Waals surface area contributed by atoms with Gasteiger partial charge in [0.15, 0.2) is 17.3 Å². The van der Waals surface area contributed by atoms with Gasteiger partial charge in [0.1, 0.15) is 13.2 Å². The van der Waals surface area contributed by atoms with E-state index in [4.69, 9.17) is 14.2 Å². The molecule has 6 nitrogen and oxygen atoms in total. The zero-order valence-corrected chi connectivity index (χ0v) is 13.0. The molecule has 1 saturated heterocycles. The second-order valence-electron chi connectivity index (χ2n) is 5.82. The van der Waals surface area contributed by atoms with Crippen molar-refractivity contribution in [2.75, 3.05) is 33.0 Å². The smallest absolute Gasteiger partial charge is 0.220 e. The quantitative estimate of drug-likeness (QED) is 0.806. The maximum absolute atomic E-state index is 12.2. The van der Waals surface area contributed by atoms with Crippen LogP contribution in [0.2, 0.25) is 0 Å². The van der Waals surface area contributed by atoms with Crippen molar-refractivity contribution in [1.29, 1.82) is 0 Å². The molecule has 1 aromatic carbocycles. The molecule has 3 rings (SSSR count). The lowest BCUT2D eigenvalue weighted by atomic mass is 10.1. The zero-order chi connectivity index (χ0) is 16.1. The zero-order valence-electron chi connectivity index (χ0n) is 13.0. The molecule has 2 heterocycles. The number of hydrogen-bond donors (Lipinski definition) is 1. The molecule has 0 unspecified atom stereocenters. The molecule has 1 amide bonds. The number of rotatable bonds is 6. The highest BCUT2D eigenvalue weighted by Crippen LogP contribution is 2.31. The van der Waals surface area contributed by atoms with Crippen LogP contribution in [0.1, 0.15) is 29.6 Å². The summed E-state index contributed by atoms with van der Waals surface area (Å²) in [5.41, 5.74) is 0.547. The van der Waals surface area contributed by atoms with Crippen molar-refractivity contribution < 1.29 is 23.8 Å². The molecule has 1 aromatic rings. The van der Waals surface area contributed by atoms with E-state index in [1.807, 2.05) is 0 Å². The topological polar surface area (TPSA) is 73.9 Å². The van der Waals surface area contributed by atoms with E-state index in [9.17, 15) is 9.59 Å². The number of ether oxygens (including phenoxy) is 3. The van der Waals surface area contributed by atoms with Gasteiger partial charge in [-0.3, -0.25) is 9.59 Å². The first kappa shape index (κ1) is 15.8. The average molecular weight is 319 g/mol. The molecule has 0 spiro atoms. The van der Waals surface area contributed by atoms with Crippen molar-refractivity contribution in [2.45, 2.75) is 19.3 Å².